The molecule has 102 valence electrons. The smallest absolute Gasteiger partial charge is 0.126 e. The van der Waals surface area contributed by atoms with Crippen LogP contribution in [0, 0.1) is 12.7 Å². The summed E-state index contributed by atoms with van der Waals surface area (Å²) in [4.78, 5) is 0. The quantitative estimate of drug-likeness (QED) is 0.714. The lowest BCUT2D eigenvalue weighted by Crippen LogP contribution is -2.29. The first-order valence-electron chi connectivity index (χ1n) is 6.77. The maximum absolute atomic E-state index is 13.1. The van der Waals surface area contributed by atoms with E-state index in [0.717, 1.165) is 18.8 Å². The van der Waals surface area contributed by atoms with E-state index in [2.05, 4.69) is 12.2 Å². The fourth-order valence-electron chi connectivity index (χ4n) is 1.77. The molecule has 0 aliphatic rings. The number of aryl methyl sites for hydroxylation is 1. The van der Waals surface area contributed by atoms with Gasteiger partial charge in [0.2, 0.25) is 0 Å². The third kappa shape index (κ3) is 5.50. The second-order valence-corrected chi connectivity index (χ2v) is 4.75. The van der Waals surface area contributed by atoms with E-state index in [9.17, 15) is 4.39 Å². The number of unbranched alkanes of at least 4 members (excludes halogenated alkanes) is 2. The first kappa shape index (κ1) is 15.0. The summed E-state index contributed by atoms with van der Waals surface area (Å²) >= 11 is 0. The Balaban J connectivity index is 2.26. The van der Waals surface area contributed by atoms with Crippen molar-refractivity contribution in [3.05, 3.63) is 29.6 Å². The van der Waals surface area contributed by atoms with Gasteiger partial charge in [-0.1, -0.05) is 19.8 Å². The van der Waals surface area contributed by atoms with Crippen LogP contribution in [0.15, 0.2) is 18.2 Å². The van der Waals surface area contributed by atoms with E-state index in [1.165, 1.54) is 25.3 Å². The summed E-state index contributed by atoms with van der Waals surface area (Å²) < 4.78 is 18.8. The predicted molar refractivity (Wildman–Crippen MR) is 73.6 cm³/mol. The third-order valence-electron chi connectivity index (χ3n) is 2.86. The van der Waals surface area contributed by atoms with Gasteiger partial charge in [0.25, 0.3) is 0 Å². The van der Waals surface area contributed by atoms with E-state index in [1.54, 1.807) is 19.1 Å². The Kier molecular flexibility index (Phi) is 6.73. The number of benzene rings is 1. The Hall–Kier alpha value is -1.09. The minimum absolute atomic E-state index is 0.0940. The van der Waals surface area contributed by atoms with Crippen molar-refractivity contribution in [2.24, 2.45) is 0 Å². The van der Waals surface area contributed by atoms with E-state index in [-0.39, 0.29) is 11.9 Å². The van der Waals surface area contributed by atoms with E-state index in [4.69, 9.17) is 4.74 Å². The van der Waals surface area contributed by atoms with Crippen LogP contribution in [0.25, 0.3) is 0 Å². The summed E-state index contributed by atoms with van der Waals surface area (Å²) in [7, 11) is 0. The highest BCUT2D eigenvalue weighted by atomic mass is 19.1. The van der Waals surface area contributed by atoms with Crippen LogP contribution < -0.4 is 10.1 Å². The van der Waals surface area contributed by atoms with Crippen LogP contribution in [0.1, 0.15) is 38.7 Å². The van der Waals surface area contributed by atoms with Crippen molar-refractivity contribution in [1.82, 2.24) is 5.32 Å². The Morgan fingerprint density at radius 1 is 1.33 bits per heavy atom. The maximum atomic E-state index is 13.1. The first-order chi connectivity index (χ1) is 8.63. The van der Waals surface area contributed by atoms with Crippen LogP contribution in [0.5, 0.6) is 5.75 Å². The SMILES string of the molecule is CCCCCNCC(C)Oc1ccc(F)c(C)c1. The monoisotopic (exact) mass is 253 g/mol. The molecule has 0 fully saturated rings. The summed E-state index contributed by atoms with van der Waals surface area (Å²) in [5.41, 5.74) is 0.621. The molecular formula is C15H24FNO. The molecule has 0 radical (unpaired) electrons. The standard InChI is InChI=1S/C15H24FNO/c1-4-5-6-9-17-11-13(3)18-14-7-8-15(16)12(2)10-14/h7-8,10,13,17H,4-6,9,11H2,1-3H3. The summed E-state index contributed by atoms with van der Waals surface area (Å²) in [5, 5.41) is 3.37. The van der Waals surface area contributed by atoms with Crippen LogP contribution >= 0.6 is 0 Å². The lowest BCUT2D eigenvalue weighted by Gasteiger charge is -2.16. The van der Waals surface area contributed by atoms with Gasteiger partial charge in [-0.2, -0.15) is 0 Å². The number of halogens is 1. The summed E-state index contributed by atoms with van der Waals surface area (Å²) in [6.07, 6.45) is 3.80. The zero-order chi connectivity index (χ0) is 13.4. The lowest BCUT2D eigenvalue weighted by molar-refractivity contribution is 0.217. The lowest BCUT2D eigenvalue weighted by atomic mass is 10.2. The van der Waals surface area contributed by atoms with Crippen molar-refractivity contribution < 1.29 is 9.13 Å². The van der Waals surface area contributed by atoms with Crippen molar-refractivity contribution in [2.75, 3.05) is 13.1 Å². The maximum Gasteiger partial charge on any atom is 0.126 e. The van der Waals surface area contributed by atoms with Gasteiger partial charge in [0, 0.05) is 6.54 Å². The fourth-order valence-corrected chi connectivity index (χ4v) is 1.77. The van der Waals surface area contributed by atoms with Gasteiger partial charge in [-0.3, -0.25) is 0 Å². The molecule has 0 aliphatic heterocycles. The molecule has 1 aromatic carbocycles. The Labute approximate surface area is 110 Å². The molecule has 1 unspecified atom stereocenters. The summed E-state index contributed by atoms with van der Waals surface area (Å²) in [5.74, 6) is 0.546. The minimum Gasteiger partial charge on any atom is -0.489 e. The van der Waals surface area contributed by atoms with E-state index in [1.807, 2.05) is 6.92 Å². The average molecular weight is 253 g/mol. The van der Waals surface area contributed by atoms with Gasteiger partial charge in [0.15, 0.2) is 0 Å². The van der Waals surface area contributed by atoms with E-state index >= 15 is 0 Å². The van der Waals surface area contributed by atoms with Crippen LogP contribution in [0.3, 0.4) is 0 Å². The average Bonchev–Trinajstić information content (AvgIpc) is 2.34. The number of nitrogens with one attached hydrogen (secondary N) is 1. The first-order valence-corrected chi connectivity index (χ1v) is 6.77. The zero-order valence-electron chi connectivity index (χ0n) is 11.6. The molecule has 0 spiro atoms. The van der Waals surface area contributed by atoms with Gasteiger partial charge in [-0.15, -0.1) is 0 Å². The van der Waals surface area contributed by atoms with Gasteiger partial charge in [-0.25, -0.2) is 4.39 Å². The highest BCUT2D eigenvalue weighted by Gasteiger charge is 2.05. The molecule has 3 heteroatoms. The van der Waals surface area contributed by atoms with Gasteiger partial charge in [-0.05, 0) is 50.6 Å². The van der Waals surface area contributed by atoms with E-state index < -0.39 is 0 Å². The van der Waals surface area contributed by atoms with Crippen molar-refractivity contribution in [2.45, 2.75) is 46.1 Å². The van der Waals surface area contributed by atoms with Crippen molar-refractivity contribution in [3.63, 3.8) is 0 Å². The molecule has 0 amide bonds. The molecule has 0 bridgehead atoms. The topological polar surface area (TPSA) is 21.3 Å². The largest absolute Gasteiger partial charge is 0.489 e. The zero-order valence-corrected chi connectivity index (χ0v) is 11.6. The molecule has 2 nitrogen and oxygen atoms in total. The van der Waals surface area contributed by atoms with Crippen LogP contribution in [-0.2, 0) is 0 Å². The van der Waals surface area contributed by atoms with Gasteiger partial charge >= 0.3 is 0 Å². The number of hydrogen-bond acceptors (Lipinski definition) is 2. The summed E-state index contributed by atoms with van der Waals surface area (Å²) in [6.45, 7) is 7.81. The second-order valence-electron chi connectivity index (χ2n) is 4.75. The van der Waals surface area contributed by atoms with Crippen molar-refractivity contribution in [3.8, 4) is 5.75 Å². The third-order valence-corrected chi connectivity index (χ3v) is 2.86. The Morgan fingerprint density at radius 2 is 2.11 bits per heavy atom. The van der Waals surface area contributed by atoms with Crippen LogP contribution in [0.4, 0.5) is 4.39 Å². The highest BCUT2D eigenvalue weighted by molar-refractivity contribution is 5.28. The highest BCUT2D eigenvalue weighted by Crippen LogP contribution is 2.17. The van der Waals surface area contributed by atoms with E-state index in [0.29, 0.717) is 5.56 Å². The molecule has 0 aromatic heterocycles. The van der Waals surface area contributed by atoms with Crippen LogP contribution in [-0.4, -0.2) is 19.2 Å². The molecule has 1 atom stereocenters. The Morgan fingerprint density at radius 3 is 2.78 bits per heavy atom. The molecule has 1 rings (SSSR count). The van der Waals surface area contributed by atoms with Crippen molar-refractivity contribution >= 4 is 0 Å². The molecule has 1 N–H and O–H groups in total. The fraction of sp³-hybridized carbons (Fsp3) is 0.600. The number of ether oxygens (including phenoxy) is 1. The normalized spacial score (nSPS) is 12.4. The second kappa shape index (κ2) is 8.09. The van der Waals surface area contributed by atoms with Gasteiger partial charge in [0.05, 0.1) is 0 Å². The van der Waals surface area contributed by atoms with Gasteiger partial charge < -0.3 is 10.1 Å². The van der Waals surface area contributed by atoms with Gasteiger partial charge in [0.1, 0.15) is 17.7 Å². The molecule has 0 saturated carbocycles. The minimum atomic E-state index is -0.187. The Bertz CT molecular complexity index is 354. The summed E-state index contributed by atoms with van der Waals surface area (Å²) in [6, 6.07) is 4.87. The predicted octanol–water partition coefficient (Wildman–Crippen LogP) is 3.68. The number of rotatable bonds is 8. The van der Waals surface area contributed by atoms with Crippen LogP contribution in [0.2, 0.25) is 0 Å². The molecule has 0 heterocycles. The molecular weight excluding hydrogens is 229 g/mol. The molecule has 1 aromatic rings. The molecule has 0 saturated heterocycles. The molecule has 0 aliphatic carbocycles. The molecule has 18 heavy (non-hydrogen) atoms. The number of hydrogen-bond donors (Lipinski definition) is 1. The van der Waals surface area contributed by atoms with Crippen molar-refractivity contribution in [1.29, 1.82) is 0 Å².